The topological polar surface area (TPSA) is 71.0 Å². The third-order valence-corrected chi connectivity index (χ3v) is 3.08. The minimum absolute atomic E-state index is 0.148. The number of amides is 1. The lowest BCUT2D eigenvalue weighted by atomic mass is 10.2. The molecule has 0 radical (unpaired) electrons. The lowest BCUT2D eigenvalue weighted by molar-refractivity contribution is 0.0744. The summed E-state index contributed by atoms with van der Waals surface area (Å²) in [6.07, 6.45) is 3.06. The van der Waals surface area contributed by atoms with Gasteiger partial charge in [-0.3, -0.25) is 14.8 Å². The van der Waals surface area contributed by atoms with E-state index in [0.29, 0.717) is 24.6 Å². The molecule has 6 heteroatoms. The van der Waals surface area contributed by atoms with Gasteiger partial charge in [-0.25, -0.2) is 4.98 Å². The third kappa shape index (κ3) is 3.75. The fraction of sp³-hybridized carbons (Fsp3) is 0.333. The molecule has 21 heavy (non-hydrogen) atoms. The zero-order valence-corrected chi connectivity index (χ0v) is 12.5. The van der Waals surface area contributed by atoms with Gasteiger partial charge >= 0.3 is 0 Å². The van der Waals surface area contributed by atoms with Gasteiger partial charge in [0.25, 0.3) is 5.91 Å². The van der Waals surface area contributed by atoms with Crippen molar-refractivity contribution in [1.82, 2.24) is 19.9 Å². The first-order valence-corrected chi connectivity index (χ1v) is 6.85. The Morgan fingerprint density at radius 3 is 2.76 bits per heavy atom. The number of rotatable bonds is 5. The van der Waals surface area contributed by atoms with E-state index in [0.717, 1.165) is 11.4 Å². The van der Waals surface area contributed by atoms with Gasteiger partial charge in [0.05, 0.1) is 24.6 Å². The maximum absolute atomic E-state index is 12.5. The van der Waals surface area contributed by atoms with Crippen LogP contribution in [0.25, 0.3) is 0 Å². The number of pyridine rings is 1. The maximum Gasteiger partial charge on any atom is 0.274 e. The largest absolute Gasteiger partial charge is 0.372 e. The summed E-state index contributed by atoms with van der Waals surface area (Å²) in [4.78, 5) is 26.9. The fourth-order valence-corrected chi connectivity index (χ4v) is 1.96. The van der Waals surface area contributed by atoms with Crippen molar-refractivity contribution in [2.75, 3.05) is 18.9 Å². The molecule has 0 spiro atoms. The second kappa shape index (κ2) is 6.78. The Kier molecular flexibility index (Phi) is 4.81. The van der Waals surface area contributed by atoms with E-state index in [1.165, 1.54) is 6.20 Å². The van der Waals surface area contributed by atoms with Crippen molar-refractivity contribution in [2.24, 2.45) is 0 Å². The zero-order valence-electron chi connectivity index (χ0n) is 12.5. The van der Waals surface area contributed by atoms with E-state index >= 15 is 0 Å². The molecule has 6 nitrogen and oxygen atoms in total. The molecular weight excluding hydrogens is 266 g/mol. The van der Waals surface area contributed by atoms with Crippen LogP contribution in [0.1, 0.15) is 28.8 Å². The lowest BCUT2D eigenvalue weighted by Gasteiger charge is -2.20. The van der Waals surface area contributed by atoms with E-state index in [4.69, 9.17) is 0 Å². The molecule has 0 atom stereocenters. The normalized spacial score (nSPS) is 10.2. The van der Waals surface area contributed by atoms with Crippen LogP contribution in [0.5, 0.6) is 0 Å². The second-order valence-electron chi connectivity index (χ2n) is 4.63. The van der Waals surface area contributed by atoms with E-state index in [-0.39, 0.29) is 5.91 Å². The monoisotopic (exact) mass is 285 g/mol. The summed E-state index contributed by atoms with van der Waals surface area (Å²) in [5, 5.41) is 2.88. The Bertz CT molecular complexity index is 629. The summed E-state index contributed by atoms with van der Waals surface area (Å²) in [6, 6.07) is 5.79. The van der Waals surface area contributed by atoms with E-state index < -0.39 is 0 Å². The number of hydrogen-bond donors (Lipinski definition) is 1. The molecule has 0 saturated carbocycles. The highest BCUT2D eigenvalue weighted by Gasteiger charge is 2.17. The number of aromatic nitrogens is 3. The Labute approximate surface area is 124 Å². The molecule has 2 aromatic rings. The van der Waals surface area contributed by atoms with Crippen LogP contribution < -0.4 is 5.32 Å². The highest BCUT2D eigenvalue weighted by atomic mass is 16.2. The summed E-state index contributed by atoms with van der Waals surface area (Å²) >= 11 is 0. The number of carbonyl (C=O) groups excluding carboxylic acids is 1. The van der Waals surface area contributed by atoms with Gasteiger partial charge in [-0.15, -0.1) is 0 Å². The smallest absolute Gasteiger partial charge is 0.274 e. The quantitative estimate of drug-likeness (QED) is 0.908. The standard InChI is InChI=1S/C15H19N5O/c1-4-20(10-12-7-5-6-11(2)18-12)15(21)13-8-17-9-14(16-3)19-13/h5-9H,4,10H2,1-3H3,(H,16,19). The Morgan fingerprint density at radius 2 is 2.10 bits per heavy atom. The molecule has 2 heterocycles. The van der Waals surface area contributed by atoms with Gasteiger partial charge in [0.15, 0.2) is 0 Å². The number of nitrogens with one attached hydrogen (secondary N) is 1. The van der Waals surface area contributed by atoms with Crippen LogP contribution in [-0.2, 0) is 6.54 Å². The third-order valence-electron chi connectivity index (χ3n) is 3.08. The molecule has 0 aromatic carbocycles. The first-order chi connectivity index (χ1) is 10.1. The number of nitrogens with zero attached hydrogens (tertiary/aromatic N) is 4. The van der Waals surface area contributed by atoms with Crippen molar-refractivity contribution in [3.63, 3.8) is 0 Å². The number of hydrogen-bond acceptors (Lipinski definition) is 5. The molecule has 0 fully saturated rings. The van der Waals surface area contributed by atoms with Gasteiger partial charge in [0.2, 0.25) is 0 Å². The number of anilines is 1. The summed E-state index contributed by atoms with van der Waals surface area (Å²) in [5.74, 6) is 0.427. The Balaban J connectivity index is 2.18. The van der Waals surface area contributed by atoms with Crippen LogP contribution in [0.2, 0.25) is 0 Å². The maximum atomic E-state index is 12.5. The molecule has 0 saturated heterocycles. The highest BCUT2D eigenvalue weighted by Crippen LogP contribution is 2.09. The molecule has 1 amide bonds. The number of carbonyl (C=O) groups is 1. The minimum Gasteiger partial charge on any atom is -0.372 e. The minimum atomic E-state index is -0.148. The van der Waals surface area contributed by atoms with Gasteiger partial charge in [-0.05, 0) is 26.0 Å². The molecule has 0 unspecified atom stereocenters. The molecule has 0 aliphatic heterocycles. The summed E-state index contributed by atoms with van der Waals surface area (Å²) in [6.45, 7) is 4.91. The SMILES string of the molecule is CCN(Cc1cccc(C)n1)C(=O)c1cncc(NC)n1. The second-order valence-corrected chi connectivity index (χ2v) is 4.63. The van der Waals surface area contributed by atoms with E-state index in [1.807, 2.05) is 32.0 Å². The van der Waals surface area contributed by atoms with E-state index in [9.17, 15) is 4.79 Å². The first kappa shape index (κ1) is 14.9. The van der Waals surface area contributed by atoms with Crippen LogP contribution in [0.3, 0.4) is 0 Å². The summed E-state index contributed by atoms with van der Waals surface area (Å²) < 4.78 is 0. The average Bonchev–Trinajstić information content (AvgIpc) is 2.52. The lowest BCUT2D eigenvalue weighted by Crippen LogP contribution is -2.31. The molecule has 0 bridgehead atoms. The predicted molar refractivity (Wildman–Crippen MR) is 81.0 cm³/mol. The van der Waals surface area contributed by atoms with Crippen molar-refractivity contribution < 1.29 is 4.79 Å². The Hall–Kier alpha value is -2.50. The van der Waals surface area contributed by atoms with Crippen molar-refractivity contribution in [3.8, 4) is 0 Å². The van der Waals surface area contributed by atoms with E-state index in [2.05, 4.69) is 20.3 Å². The van der Waals surface area contributed by atoms with Crippen molar-refractivity contribution >= 4 is 11.7 Å². The van der Waals surface area contributed by atoms with Gasteiger partial charge in [0, 0.05) is 19.3 Å². The van der Waals surface area contributed by atoms with Crippen LogP contribution in [0.4, 0.5) is 5.82 Å². The summed E-state index contributed by atoms with van der Waals surface area (Å²) in [7, 11) is 1.74. The zero-order chi connectivity index (χ0) is 15.2. The molecule has 0 aliphatic carbocycles. The van der Waals surface area contributed by atoms with Crippen molar-refractivity contribution in [2.45, 2.75) is 20.4 Å². The van der Waals surface area contributed by atoms with Crippen molar-refractivity contribution in [1.29, 1.82) is 0 Å². The summed E-state index contributed by atoms with van der Waals surface area (Å²) in [5.41, 5.74) is 2.13. The molecule has 0 aliphatic rings. The van der Waals surface area contributed by atoms with Gasteiger partial charge in [-0.2, -0.15) is 0 Å². The molecule has 110 valence electrons. The van der Waals surface area contributed by atoms with Gasteiger partial charge in [-0.1, -0.05) is 6.07 Å². The predicted octanol–water partition coefficient (Wildman–Crippen LogP) is 1.88. The first-order valence-electron chi connectivity index (χ1n) is 6.85. The molecule has 2 aromatic heterocycles. The molecular formula is C15H19N5O. The van der Waals surface area contributed by atoms with Crippen LogP contribution in [0, 0.1) is 6.92 Å². The van der Waals surface area contributed by atoms with Crippen molar-refractivity contribution in [3.05, 3.63) is 47.7 Å². The van der Waals surface area contributed by atoms with E-state index in [1.54, 1.807) is 18.1 Å². The Morgan fingerprint density at radius 1 is 1.29 bits per heavy atom. The average molecular weight is 285 g/mol. The highest BCUT2D eigenvalue weighted by molar-refractivity contribution is 5.92. The fourth-order valence-electron chi connectivity index (χ4n) is 1.96. The molecule has 1 N–H and O–H groups in total. The van der Waals surface area contributed by atoms with Crippen LogP contribution >= 0.6 is 0 Å². The van der Waals surface area contributed by atoms with Crippen LogP contribution in [0.15, 0.2) is 30.6 Å². The van der Waals surface area contributed by atoms with Gasteiger partial charge < -0.3 is 10.2 Å². The number of aryl methyl sites for hydroxylation is 1. The van der Waals surface area contributed by atoms with Crippen LogP contribution in [-0.4, -0.2) is 39.4 Å². The molecule has 2 rings (SSSR count). The van der Waals surface area contributed by atoms with Gasteiger partial charge in [0.1, 0.15) is 11.5 Å².